The van der Waals surface area contributed by atoms with Crippen molar-refractivity contribution >= 4 is 15.9 Å². The Bertz CT molecular complexity index is 792. The van der Waals surface area contributed by atoms with Crippen molar-refractivity contribution in [1.29, 1.82) is 0 Å². The van der Waals surface area contributed by atoms with Crippen LogP contribution in [0.15, 0.2) is 23.1 Å². The molecule has 1 aromatic rings. The van der Waals surface area contributed by atoms with Crippen molar-refractivity contribution in [1.82, 2.24) is 9.21 Å². The number of amides is 1. The van der Waals surface area contributed by atoms with Crippen molar-refractivity contribution in [2.75, 3.05) is 46.5 Å². The van der Waals surface area contributed by atoms with Crippen molar-refractivity contribution in [2.45, 2.75) is 24.3 Å². The zero-order valence-corrected chi connectivity index (χ0v) is 16.6. The van der Waals surface area contributed by atoms with Crippen LogP contribution in [0.2, 0.25) is 0 Å². The molecule has 9 heteroatoms. The summed E-state index contributed by atoms with van der Waals surface area (Å²) in [5, 5.41) is 0. The van der Waals surface area contributed by atoms with E-state index in [4.69, 9.17) is 15.2 Å². The van der Waals surface area contributed by atoms with E-state index in [0.717, 1.165) is 6.42 Å². The molecule has 2 saturated heterocycles. The summed E-state index contributed by atoms with van der Waals surface area (Å²) in [5.74, 6) is 0.325. The van der Waals surface area contributed by atoms with E-state index >= 15 is 0 Å². The molecule has 8 nitrogen and oxygen atoms in total. The summed E-state index contributed by atoms with van der Waals surface area (Å²) in [5.41, 5.74) is 6.09. The molecule has 27 heavy (non-hydrogen) atoms. The second-order valence-electron chi connectivity index (χ2n) is 7.03. The number of hydrogen-bond acceptors (Lipinski definition) is 6. The Hall–Kier alpha value is -1.68. The van der Waals surface area contributed by atoms with Gasteiger partial charge in [-0.1, -0.05) is 0 Å². The number of ether oxygens (including phenoxy) is 2. The van der Waals surface area contributed by atoms with Gasteiger partial charge in [0.25, 0.3) is 5.91 Å². The molecular weight excluding hydrogens is 370 g/mol. The van der Waals surface area contributed by atoms with Gasteiger partial charge in [0.05, 0.1) is 20.3 Å². The van der Waals surface area contributed by atoms with Crippen molar-refractivity contribution in [3.8, 4) is 5.75 Å². The molecule has 1 aromatic carbocycles. The first kappa shape index (κ1) is 20.1. The molecule has 0 aromatic heterocycles. The average Bonchev–Trinajstić information content (AvgIpc) is 3.08. The van der Waals surface area contributed by atoms with Gasteiger partial charge in [-0.3, -0.25) is 4.79 Å². The maximum absolute atomic E-state index is 13.1. The van der Waals surface area contributed by atoms with E-state index in [9.17, 15) is 13.2 Å². The minimum absolute atomic E-state index is 0.0139. The maximum Gasteiger partial charge on any atom is 0.254 e. The zero-order chi connectivity index (χ0) is 19.6. The Labute approximate surface area is 160 Å². The van der Waals surface area contributed by atoms with Crippen molar-refractivity contribution < 1.29 is 22.7 Å². The molecule has 2 atom stereocenters. The molecule has 3 rings (SSSR count). The van der Waals surface area contributed by atoms with E-state index in [1.165, 1.54) is 17.5 Å². The van der Waals surface area contributed by atoms with Gasteiger partial charge in [0.2, 0.25) is 10.0 Å². The van der Waals surface area contributed by atoms with E-state index in [1.807, 2.05) is 6.92 Å². The van der Waals surface area contributed by atoms with Gasteiger partial charge in [-0.2, -0.15) is 4.31 Å². The second-order valence-corrected chi connectivity index (χ2v) is 8.93. The standard InChI is InChI=1S/C18H27N3O5S/c1-13-9-14(11-19)12-21(13)18(22)15-3-4-16(25-2)17(10-15)27(23,24)20-5-7-26-8-6-20/h3-4,10,13-14H,5-9,11-12,19H2,1-2H3. The molecule has 2 aliphatic rings. The van der Waals surface area contributed by atoms with Crippen LogP contribution in [0.5, 0.6) is 5.75 Å². The number of sulfonamides is 1. The monoisotopic (exact) mass is 397 g/mol. The lowest BCUT2D eigenvalue weighted by atomic mass is 10.1. The number of rotatable bonds is 5. The summed E-state index contributed by atoms with van der Waals surface area (Å²) in [6.45, 7) is 4.39. The predicted octanol–water partition coefficient (Wildman–Crippen LogP) is 0.525. The van der Waals surface area contributed by atoms with E-state index in [1.54, 1.807) is 17.0 Å². The summed E-state index contributed by atoms with van der Waals surface area (Å²) < 4.78 is 38.0. The highest BCUT2D eigenvalue weighted by Crippen LogP contribution is 2.30. The third-order valence-corrected chi connectivity index (χ3v) is 7.17. The Kier molecular flexibility index (Phi) is 6.05. The SMILES string of the molecule is COc1ccc(C(=O)N2CC(CN)CC2C)cc1S(=O)(=O)N1CCOCC1. The Morgan fingerprint density at radius 2 is 2.04 bits per heavy atom. The first-order chi connectivity index (χ1) is 12.9. The minimum Gasteiger partial charge on any atom is -0.495 e. The number of nitrogens with two attached hydrogens (primary N) is 1. The molecule has 2 fully saturated rings. The molecule has 0 saturated carbocycles. The van der Waals surface area contributed by atoms with Gasteiger partial charge >= 0.3 is 0 Å². The summed E-state index contributed by atoms with van der Waals surface area (Å²) in [7, 11) is -2.36. The van der Waals surface area contributed by atoms with E-state index in [2.05, 4.69) is 0 Å². The Morgan fingerprint density at radius 3 is 2.63 bits per heavy atom. The molecule has 1 amide bonds. The zero-order valence-electron chi connectivity index (χ0n) is 15.8. The van der Waals surface area contributed by atoms with Gasteiger partial charge in [0.1, 0.15) is 10.6 Å². The fourth-order valence-electron chi connectivity index (χ4n) is 3.70. The van der Waals surface area contributed by atoms with Crippen molar-refractivity contribution in [3.05, 3.63) is 23.8 Å². The molecule has 0 bridgehead atoms. The molecular formula is C18H27N3O5S. The van der Waals surface area contributed by atoms with Crippen LogP contribution in [0.3, 0.4) is 0 Å². The maximum atomic E-state index is 13.1. The fraction of sp³-hybridized carbons (Fsp3) is 0.611. The van der Waals surface area contributed by atoms with Crippen LogP contribution >= 0.6 is 0 Å². The van der Waals surface area contributed by atoms with Gasteiger partial charge in [0.15, 0.2) is 0 Å². The van der Waals surface area contributed by atoms with Gasteiger partial charge in [-0.25, -0.2) is 8.42 Å². The topological polar surface area (TPSA) is 102 Å². The van der Waals surface area contributed by atoms with Crippen LogP contribution in [0.1, 0.15) is 23.7 Å². The molecule has 0 radical (unpaired) electrons. The highest BCUT2D eigenvalue weighted by atomic mass is 32.2. The van der Waals surface area contributed by atoms with Gasteiger partial charge in [-0.15, -0.1) is 0 Å². The Balaban J connectivity index is 1.93. The molecule has 2 aliphatic heterocycles. The fourth-order valence-corrected chi connectivity index (χ4v) is 5.29. The summed E-state index contributed by atoms with van der Waals surface area (Å²) in [6, 6.07) is 4.66. The van der Waals surface area contributed by atoms with E-state index in [0.29, 0.717) is 31.9 Å². The van der Waals surface area contributed by atoms with E-state index in [-0.39, 0.29) is 41.6 Å². The van der Waals surface area contributed by atoms with Crippen molar-refractivity contribution in [2.24, 2.45) is 11.7 Å². The lowest BCUT2D eigenvalue weighted by Gasteiger charge is -2.27. The first-order valence-electron chi connectivity index (χ1n) is 9.15. The van der Waals surface area contributed by atoms with Crippen LogP contribution in [-0.2, 0) is 14.8 Å². The van der Waals surface area contributed by atoms with Crippen LogP contribution in [0, 0.1) is 5.92 Å². The molecule has 2 unspecified atom stereocenters. The molecule has 2 N–H and O–H groups in total. The van der Waals surface area contributed by atoms with Gasteiger partial charge in [-0.05, 0) is 44.0 Å². The van der Waals surface area contributed by atoms with Gasteiger partial charge < -0.3 is 20.1 Å². The van der Waals surface area contributed by atoms with E-state index < -0.39 is 10.0 Å². The largest absolute Gasteiger partial charge is 0.495 e. The van der Waals surface area contributed by atoms with Crippen LogP contribution < -0.4 is 10.5 Å². The average molecular weight is 397 g/mol. The molecule has 0 aliphatic carbocycles. The van der Waals surface area contributed by atoms with Crippen molar-refractivity contribution in [3.63, 3.8) is 0 Å². The third-order valence-electron chi connectivity index (χ3n) is 5.25. The van der Waals surface area contributed by atoms with Crippen LogP contribution in [-0.4, -0.2) is 76.1 Å². The summed E-state index contributed by atoms with van der Waals surface area (Å²) >= 11 is 0. The lowest BCUT2D eigenvalue weighted by Crippen LogP contribution is -2.41. The number of carbonyl (C=O) groups is 1. The molecule has 0 spiro atoms. The smallest absolute Gasteiger partial charge is 0.254 e. The Morgan fingerprint density at radius 1 is 1.33 bits per heavy atom. The van der Waals surface area contributed by atoms with Crippen LogP contribution in [0.4, 0.5) is 0 Å². The predicted molar refractivity (Wildman–Crippen MR) is 100 cm³/mol. The number of morpholine rings is 1. The highest BCUT2D eigenvalue weighted by Gasteiger charge is 2.34. The lowest BCUT2D eigenvalue weighted by molar-refractivity contribution is 0.0728. The quantitative estimate of drug-likeness (QED) is 0.777. The number of benzene rings is 1. The third kappa shape index (κ3) is 3.96. The summed E-state index contributed by atoms with van der Waals surface area (Å²) in [6.07, 6.45) is 0.858. The summed E-state index contributed by atoms with van der Waals surface area (Å²) in [4.78, 5) is 14.8. The molecule has 2 heterocycles. The highest BCUT2D eigenvalue weighted by molar-refractivity contribution is 7.89. The van der Waals surface area contributed by atoms with Gasteiger partial charge in [0, 0.05) is 31.2 Å². The van der Waals surface area contributed by atoms with Crippen LogP contribution in [0.25, 0.3) is 0 Å². The number of hydrogen-bond donors (Lipinski definition) is 1. The molecule has 150 valence electrons. The first-order valence-corrected chi connectivity index (χ1v) is 10.6. The number of methoxy groups -OCH3 is 1. The normalized spacial score (nSPS) is 24.2. The minimum atomic E-state index is -3.78. The number of carbonyl (C=O) groups excluding carboxylic acids is 1. The number of likely N-dealkylation sites (tertiary alicyclic amines) is 1. The number of nitrogens with zero attached hydrogens (tertiary/aromatic N) is 2. The second kappa shape index (κ2) is 8.14.